The molecule has 5 heteroatoms. The fraction of sp³-hybridized carbons (Fsp3) is 0.136. The molecular formula is C22H19FN2O2. The number of hydrogen-bond acceptors (Lipinski definition) is 3. The first-order chi connectivity index (χ1) is 13.3. The van der Waals surface area contributed by atoms with Crippen LogP contribution in [0.1, 0.15) is 0 Å². The van der Waals surface area contributed by atoms with E-state index in [9.17, 15) is 4.39 Å². The Morgan fingerprint density at radius 2 is 1.59 bits per heavy atom. The third-order valence-electron chi connectivity index (χ3n) is 4.41. The first-order valence-corrected chi connectivity index (χ1v) is 8.74. The van der Waals surface area contributed by atoms with E-state index in [1.165, 1.54) is 6.07 Å². The van der Waals surface area contributed by atoms with Crippen molar-refractivity contribution in [1.29, 1.82) is 0 Å². The Morgan fingerprint density at radius 3 is 2.41 bits per heavy atom. The van der Waals surface area contributed by atoms with Crippen LogP contribution in [0.25, 0.3) is 22.4 Å². The van der Waals surface area contributed by atoms with E-state index in [1.807, 2.05) is 59.2 Å². The molecule has 0 N–H and O–H groups in total. The Balaban J connectivity index is 1.66. The normalized spacial score (nSPS) is 10.9. The summed E-state index contributed by atoms with van der Waals surface area (Å²) in [5, 5.41) is 0. The first kappa shape index (κ1) is 17.1. The van der Waals surface area contributed by atoms with Crippen molar-refractivity contribution in [1.82, 2.24) is 9.55 Å². The van der Waals surface area contributed by atoms with E-state index in [2.05, 4.69) is 4.98 Å². The van der Waals surface area contributed by atoms with Gasteiger partial charge in [0.15, 0.2) is 11.5 Å². The molecule has 0 saturated heterocycles. The topological polar surface area (TPSA) is 36.3 Å². The number of aromatic nitrogens is 2. The molecule has 136 valence electrons. The Kier molecular flexibility index (Phi) is 4.75. The number of hydrogen-bond donors (Lipinski definition) is 0. The summed E-state index contributed by atoms with van der Waals surface area (Å²) in [7, 11) is 1.61. The molecule has 4 nitrogen and oxygen atoms in total. The van der Waals surface area contributed by atoms with Gasteiger partial charge in [0.1, 0.15) is 18.2 Å². The number of benzene rings is 3. The van der Waals surface area contributed by atoms with Crippen molar-refractivity contribution in [3.63, 3.8) is 0 Å². The molecule has 0 aliphatic heterocycles. The summed E-state index contributed by atoms with van der Waals surface area (Å²) in [6.45, 7) is 0.935. The molecule has 4 aromatic rings. The number of methoxy groups -OCH3 is 1. The van der Waals surface area contributed by atoms with Crippen molar-refractivity contribution >= 4 is 11.0 Å². The Labute approximate surface area is 156 Å². The third kappa shape index (κ3) is 3.36. The highest BCUT2D eigenvalue weighted by Gasteiger charge is 2.15. The van der Waals surface area contributed by atoms with Crippen molar-refractivity contribution in [2.45, 2.75) is 6.54 Å². The predicted octanol–water partition coefficient (Wildman–Crippen LogP) is 4.93. The van der Waals surface area contributed by atoms with Crippen LogP contribution in [0.5, 0.6) is 11.5 Å². The first-order valence-electron chi connectivity index (χ1n) is 8.74. The van der Waals surface area contributed by atoms with Gasteiger partial charge in [-0.05, 0) is 36.4 Å². The van der Waals surface area contributed by atoms with Gasteiger partial charge in [-0.15, -0.1) is 0 Å². The average Bonchev–Trinajstić information content (AvgIpc) is 3.07. The molecular weight excluding hydrogens is 343 g/mol. The largest absolute Gasteiger partial charge is 0.493 e. The maximum absolute atomic E-state index is 14.4. The minimum atomic E-state index is -0.292. The standard InChI is InChI=1S/C22H19FN2O2/c1-26-20-12-6-7-13-21(20)27-15-14-25-19-11-5-4-10-18(19)24-22(25)16-8-2-3-9-17(16)23/h2-13H,14-15H2,1H3. The summed E-state index contributed by atoms with van der Waals surface area (Å²) in [5.74, 6) is 1.66. The lowest BCUT2D eigenvalue weighted by molar-refractivity contribution is 0.281. The molecule has 0 spiro atoms. The SMILES string of the molecule is COc1ccccc1OCCn1c(-c2ccccc2F)nc2ccccc21. The number of fused-ring (bicyclic) bond motifs is 1. The summed E-state index contributed by atoms with van der Waals surface area (Å²) in [5.41, 5.74) is 2.25. The smallest absolute Gasteiger partial charge is 0.161 e. The molecule has 0 amide bonds. The van der Waals surface area contributed by atoms with Crippen LogP contribution in [-0.4, -0.2) is 23.3 Å². The highest BCUT2D eigenvalue weighted by atomic mass is 19.1. The zero-order chi connectivity index (χ0) is 18.6. The van der Waals surface area contributed by atoms with Crippen LogP contribution in [0.4, 0.5) is 4.39 Å². The van der Waals surface area contributed by atoms with Gasteiger partial charge in [-0.1, -0.05) is 36.4 Å². The summed E-state index contributed by atoms with van der Waals surface area (Å²) < 4.78 is 27.6. The molecule has 3 aromatic carbocycles. The maximum atomic E-state index is 14.4. The van der Waals surface area contributed by atoms with Crippen molar-refractivity contribution in [3.05, 3.63) is 78.6 Å². The Hall–Kier alpha value is -3.34. The Bertz CT molecular complexity index is 1070. The van der Waals surface area contributed by atoms with Crippen molar-refractivity contribution in [3.8, 4) is 22.9 Å². The number of halogens is 1. The van der Waals surface area contributed by atoms with E-state index >= 15 is 0 Å². The predicted molar refractivity (Wildman–Crippen MR) is 104 cm³/mol. The monoisotopic (exact) mass is 362 g/mol. The third-order valence-corrected chi connectivity index (χ3v) is 4.41. The van der Waals surface area contributed by atoms with Crippen molar-refractivity contribution in [2.24, 2.45) is 0 Å². The lowest BCUT2D eigenvalue weighted by Gasteiger charge is -2.13. The van der Waals surface area contributed by atoms with Crippen LogP contribution < -0.4 is 9.47 Å². The van der Waals surface area contributed by atoms with Gasteiger partial charge < -0.3 is 14.0 Å². The highest BCUT2D eigenvalue weighted by molar-refractivity contribution is 5.80. The lowest BCUT2D eigenvalue weighted by Crippen LogP contribution is -2.10. The molecule has 27 heavy (non-hydrogen) atoms. The zero-order valence-electron chi connectivity index (χ0n) is 14.9. The summed E-state index contributed by atoms with van der Waals surface area (Å²) in [4.78, 5) is 4.65. The molecule has 0 unspecified atom stereocenters. The summed E-state index contributed by atoms with van der Waals surface area (Å²) in [6.07, 6.45) is 0. The maximum Gasteiger partial charge on any atom is 0.161 e. The van der Waals surface area contributed by atoms with Gasteiger partial charge in [0.2, 0.25) is 0 Å². The average molecular weight is 362 g/mol. The number of ether oxygens (including phenoxy) is 2. The quantitative estimate of drug-likeness (QED) is 0.488. The van der Waals surface area contributed by atoms with Crippen LogP contribution in [0, 0.1) is 5.82 Å². The second-order valence-electron chi connectivity index (χ2n) is 6.05. The van der Waals surface area contributed by atoms with Gasteiger partial charge in [0.25, 0.3) is 0 Å². The van der Waals surface area contributed by atoms with Gasteiger partial charge in [-0.2, -0.15) is 0 Å². The van der Waals surface area contributed by atoms with E-state index in [4.69, 9.17) is 9.47 Å². The van der Waals surface area contributed by atoms with Crippen molar-refractivity contribution in [2.75, 3.05) is 13.7 Å². The van der Waals surface area contributed by atoms with E-state index in [0.717, 1.165) is 11.0 Å². The lowest BCUT2D eigenvalue weighted by atomic mass is 10.2. The van der Waals surface area contributed by atoms with Crippen LogP contribution in [0.2, 0.25) is 0 Å². The van der Waals surface area contributed by atoms with E-state index < -0.39 is 0 Å². The fourth-order valence-electron chi connectivity index (χ4n) is 3.13. The van der Waals surface area contributed by atoms with Crippen LogP contribution in [-0.2, 0) is 6.54 Å². The second-order valence-corrected chi connectivity index (χ2v) is 6.05. The zero-order valence-corrected chi connectivity index (χ0v) is 14.9. The molecule has 0 fully saturated rings. The highest BCUT2D eigenvalue weighted by Crippen LogP contribution is 2.28. The van der Waals surface area contributed by atoms with Crippen molar-refractivity contribution < 1.29 is 13.9 Å². The molecule has 4 rings (SSSR count). The van der Waals surface area contributed by atoms with E-state index in [-0.39, 0.29) is 5.82 Å². The van der Waals surface area contributed by atoms with E-state index in [1.54, 1.807) is 19.2 Å². The molecule has 0 radical (unpaired) electrons. The molecule has 1 aromatic heterocycles. The fourth-order valence-corrected chi connectivity index (χ4v) is 3.13. The summed E-state index contributed by atoms with van der Waals surface area (Å²) in [6, 6.07) is 22.0. The molecule has 0 aliphatic rings. The molecule has 0 aliphatic carbocycles. The Morgan fingerprint density at radius 1 is 0.889 bits per heavy atom. The minimum absolute atomic E-state index is 0.292. The molecule has 0 atom stereocenters. The molecule has 0 bridgehead atoms. The van der Waals surface area contributed by atoms with Gasteiger partial charge >= 0.3 is 0 Å². The number of para-hydroxylation sites is 4. The number of rotatable bonds is 6. The van der Waals surface area contributed by atoms with Crippen LogP contribution >= 0.6 is 0 Å². The minimum Gasteiger partial charge on any atom is -0.493 e. The molecule has 0 saturated carbocycles. The van der Waals surface area contributed by atoms with Crippen LogP contribution in [0.3, 0.4) is 0 Å². The molecule has 1 heterocycles. The van der Waals surface area contributed by atoms with Gasteiger partial charge in [0.05, 0.1) is 30.3 Å². The number of nitrogens with zero attached hydrogens (tertiary/aromatic N) is 2. The van der Waals surface area contributed by atoms with Gasteiger partial charge in [-0.25, -0.2) is 9.37 Å². The van der Waals surface area contributed by atoms with Crippen LogP contribution in [0.15, 0.2) is 72.8 Å². The summed E-state index contributed by atoms with van der Waals surface area (Å²) >= 11 is 0. The van der Waals surface area contributed by atoms with Gasteiger partial charge in [-0.3, -0.25) is 0 Å². The number of imidazole rings is 1. The van der Waals surface area contributed by atoms with E-state index in [0.29, 0.717) is 36.0 Å². The second kappa shape index (κ2) is 7.50. The van der Waals surface area contributed by atoms with Gasteiger partial charge in [0, 0.05) is 0 Å².